The molecule has 2 fully saturated rings. The first kappa shape index (κ1) is 16.8. The molecule has 23 heavy (non-hydrogen) atoms. The predicted octanol–water partition coefficient (Wildman–Crippen LogP) is 1.40. The van der Waals surface area contributed by atoms with Crippen LogP contribution in [0.2, 0.25) is 0 Å². The third-order valence-corrected chi connectivity index (χ3v) is 5.02. The van der Waals surface area contributed by atoms with E-state index in [0.717, 1.165) is 70.8 Å². The summed E-state index contributed by atoms with van der Waals surface area (Å²) in [4.78, 5) is 6.97. The van der Waals surface area contributed by atoms with Crippen molar-refractivity contribution >= 4 is 0 Å². The predicted molar refractivity (Wildman–Crippen MR) is 89.8 cm³/mol. The fourth-order valence-electron chi connectivity index (χ4n) is 3.88. The lowest BCUT2D eigenvalue weighted by Gasteiger charge is -2.43. The molecule has 0 bridgehead atoms. The molecule has 1 N–H and O–H groups in total. The highest BCUT2D eigenvalue weighted by Gasteiger charge is 2.34. The molecule has 0 aliphatic carbocycles. The molecular weight excluding hydrogens is 293 g/mol. The van der Waals surface area contributed by atoms with E-state index < -0.39 is 5.60 Å². The number of aliphatic hydroxyl groups is 1. The lowest BCUT2D eigenvalue weighted by molar-refractivity contribution is -0.0544. The van der Waals surface area contributed by atoms with Crippen LogP contribution in [0.25, 0.3) is 0 Å². The number of piperazine rings is 1. The molecule has 0 saturated carbocycles. The minimum Gasteiger partial charge on any atom is -0.387 e. The second-order valence-electron chi connectivity index (χ2n) is 7.25. The Hall–Kier alpha value is -1.01. The summed E-state index contributed by atoms with van der Waals surface area (Å²) in [6.45, 7) is 7.33. The number of piperidine rings is 1. The monoisotopic (exact) mass is 321 g/mol. The summed E-state index contributed by atoms with van der Waals surface area (Å²) < 4.78 is 13.3. The van der Waals surface area contributed by atoms with Gasteiger partial charge in [0.2, 0.25) is 0 Å². The first-order valence-corrected chi connectivity index (χ1v) is 8.63. The highest BCUT2D eigenvalue weighted by molar-refractivity contribution is 5.16. The molecule has 0 amide bonds. The molecule has 1 aromatic rings. The average Bonchev–Trinajstić information content (AvgIpc) is 2.49. The lowest BCUT2D eigenvalue weighted by atomic mass is 9.92. The highest BCUT2D eigenvalue weighted by atomic mass is 19.1. The number of hydrogen-bond donors (Lipinski definition) is 1. The van der Waals surface area contributed by atoms with Crippen molar-refractivity contribution in [1.29, 1.82) is 0 Å². The van der Waals surface area contributed by atoms with Crippen LogP contribution in [0.3, 0.4) is 0 Å². The molecule has 4 nitrogen and oxygen atoms in total. The summed E-state index contributed by atoms with van der Waals surface area (Å²) in [5, 5.41) is 10.8. The van der Waals surface area contributed by atoms with E-state index in [4.69, 9.17) is 0 Å². The molecule has 2 saturated heterocycles. The van der Waals surface area contributed by atoms with Crippen molar-refractivity contribution in [2.24, 2.45) is 0 Å². The Morgan fingerprint density at radius 1 is 1.13 bits per heavy atom. The van der Waals surface area contributed by atoms with Crippen LogP contribution in [0.15, 0.2) is 24.3 Å². The molecule has 1 aromatic carbocycles. The van der Waals surface area contributed by atoms with Crippen molar-refractivity contribution < 1.29 is 9.50 Å². The van der Waals surface area contributed by atoms with Crippen molar-refractivity contribution in [3.05, 3.63) is 35.6 Å². The molecule has 2 aliphatic rings. The van der Waals surface area contributed by atoms with Gasteiger partial charge < -0.3 is 10.0 Å². The SMILES string of the molecule is CN1CCC[C@](O)(CN2CCN(Cc3cccc(F)c3)CC2)C1. The van der Waals surface area contributed by atoms with Gasteiger partial charge in [-0.3, -0.25) is 9.80 Å². The van der Waals surface area contributed by atoms with Crippen molar-refractivity contribution in [2.45, 2.75) is 25.0 Å². The van der Waals surface area contributed by atoms with Crippen molar-refractivity contribution in [1.82, 2.24) is 14.7 Å². The number of rotatable bonds is 4. The van der Waals surface area contributed by atoms with Crippen LogP contribution < -0.4 is 0 Å². The van der Waals surface area contributed by atoms with Gasteiger partial charge >= 0.3 is 0 Å². The molecule has 2 heterocycles. The third kappa shape index (κ3) is 4.73. The van der Waals surface area contributed by atoms with Crippen LogP contribution in [0, 0.1) is 5.82 Å². The van der Waals surface area contributed by atoms with Crippen LogP contribution in [-0.4, -0.2) is 78.3 Å². The summed E-state index contributed by atoms with van der Waals surface area (Å²) in [5.74, 6) is -0.162. The summed E-state index contributed by atoms with van der Waals surface area (Å²) in [5.41, 5.74) is 0.476. The van der Waals surface area contributed by atoms with Crippen LogP contribution >= 0.6 is 0 Å². The molecule has 2 aliphatic heterocycles. The first-order chi connectivity index (χ1) is 11.0. The lowest BCUT2D eigenvalue weighted by Crippen LogP contribution is -2.56. The normalized spacial score (nSPS) is 28.1. The standard InChI is InChI=1S/C18H28FN3O/c1-20-7-3-6-18(23,14-20)15-22-10-8-21(9-11-22)13-16-4-2-5-17(19)12-16/h2,4-5,12,23H,3,6-11,13-15H2,1H3/t18-/m1/s1. The van der Waals surface area contributed by atoms with E-state index in [1.807, 2.05) is 6.07 Å². The summed E-state index contributed by atoms with van der Waals surface area (Å²) in [6, 6.07) is 6.86. The summed E-state index contributed by atoms with van der Waals surface area (Å²) in [6.07, 6.45) is 1.98. The van der Waals surface area contributed by atoms with Crippen LogP contribution in [0.4, 0.5) is 4.39 Å². The molecule has 128 valence electrons. The van der Waals surface area contributed by atoms with Crippen molar-refractivity contribution in [2.75, 3.05) is 52.9 Å². The van der Waals surface area contributed by atoms with Gasteiger partial charge in [0.25, 0.3) is 0 Å². The van der Waals surface area contributed by atoms with Gasteiger partial charge in [-0.15, -0.1) is 0 Å². The quantitative estimate of drug-likeness (QED) is 0.908. The molecule has 0 aromatic heterocycles. The van der Waals surface area contributed by atoms with E-state index in [2.05, 4.69) is 21.7 Å². The van der Waals surface area contributed by atoms with E-state index in [-0.39, 0.29) is 5.82 Å². The second kappa shape index (κ2) is 7.26. The molecule has 0 unspecified atom stereocenters. The Labute approximate surface area is 138 Å². The smallest absolute Gasteiger partial charge is 0.123 e. The van der Waals surface area contributed by atoms with Gasteiger partial charge in [-0.2, -0.15) is 0 Å². The molecular formula is C18H28FN3O. The molecule has 0 radical (unpaired) electrons. The Morgan fingerprint density at radius 3 is 2.57 bits per heavy atom. The van der Waals surface area contributed by atoms with E-state index in [1.54, 1.807) is 12.1 Å². The molecule has 5 heteroatoms. The van der Waals surface area contributed by atoms with Gasteiger partial charge in [0.15, 0.2) is 0 Å². The van der Waals surface area contributed by atoms with Crippen LogP contribution in [0.1, 0.15) is 18.4 Å². The topological polar surface area (TPSA) is 30.0 Å². The van der Waals surface area contributed by atoms with Gasteiger partial charge in [0.05, 0.1) is 5.60 Å². The van der Waals surface area contributed by atoms with E-state index in [9.17, 15) is 9.50 Å². The number of hydrogen-bond acceptors (Lipinski definition) is 4. The van der Waals surface area contributed by atoms with Gasteiger partial charge in [0.1, 0.15) is 5.82 Å². The fourth-order valence-corrected chi connectivity index (χ4v) is 3.88. The van der Waals surface area contributed by atoms with Crippen molar-refractivity contribution in [3.8, 4) is 0 Å². The zero-order valence-corrected chi connectivity index (χ0v) is 14.0. The fraction of sp³-hybridized carbons (Fsp3) is 0.667. The zero-order valence-electron chi connectivity index (χ0n) is 14.0. The Balaban J connectivity index is 1.47. The zero-order chi connectivity index (χ0) is 16.3. The Morgan fingerprint density at radius 2 is 1.87 bits per heavy atom. The Kier molecular flexibility index (Phi) is 5.31. The number of halogens is 1. The minimum atomic E-state index is -0.558. The maximum Gasteiger partial charge on any atom is 0.123 e. The van der Waals surface area contributed by atoms with Crippen LogP contribution in [0.5, 0.6) is 0 Å². The van der Waals surface area contributed by atoms with Crippen LogP contribution in [-0.2, 0) is 6.54 Å². The number of nitrogens with zero attached hydrogens (tertiary/aromatic N) is 3. The molecule has 3 rings (SSSR count). The van der Waals surface area contributed by atoms with Gasteiger partial charge in [0, 0.05) is 45.8 Å². The van der Waals surface area contributed by atoms with E-state index in [0.29, 0.717) is 0 Å². The molecule has 1 atom stereocenters. The maximum atomic E-state index is 13.3. The minimum absolute atomic E-state index is 0.162. The number of benzene rings is 1. The number of likely N-dealkylation sites (tertiary alicyclic amines) is 1. The molecule has 0 spiro atoms. The number of likely N-dealkylation sites (N-methyl/N-ethyl adjacent to an activating group) is 1. The average molecular weight is 321 g/mol. The third-order valence-electron chi connectivity index (χ3n) is 5.02. The van der Waals surface area contributed by atoms with Gasteiger partial charge in [-0.05, 0) is 44.1 Å². The van der Waals surface area contributed by atoms with Gasteiger partial charge in [-0.25, -0.2) is 4.39 Å². The van der Waals surface area contributed by atoms with Gasteiger partial charge in [-0.1, -0.05) is 12.1 Å². The first-order valence-electron chi connectivity index (χ1n) is 8.63. The van der Waals surface area contributed by atoms with E-state index >= 15 is 0 Å². The Bertz CT molecular complexity index is 519. The van der Waals surface area contributed by atoms with E-state index in [1.165, 1.54) is 6.07 Å². The second-order valence-corrected chi connectivity index (χ2v) is 7.25. The number of β-amino-alcohol motifs (C(OH)–C–C–N with tert-alkyl or cyclic N) is 1. The highest BCUT2D eigenvalue weighted by Crippen LogP contribution is 2.22. The largest absolute Gasteiger partial charge is 0.387 e. The maximum absolute atomic E-state index is 13.3. The summed E-state index contributed by atoms with van der Waals surface area (Å²) in [7, 11) is 2.08. The summed E-state index contributed by atoms with van der Waals surface area (Å²) >= 11 is 0. The van der Waals surface area contributed by atoms with Crippen molar-refractivity contribution in [3.63, 3.8) is 0 Å².